The van der Waals surface area contributed by atoms with Gasteiger partial charge in [0.05, 0.1) is 13.0 Å². The Morgan fingerprint density at radius 3 is 2.33 bits per heavy atom. The van der Waals surface area contributed by atoms with Gasteiger partial charge >= 0.3 is 5.97 Å². The summed E-state index contributed by atoms with van der Waals surface area (Å²) in [5, 5.41) is 0. The topological polar surface area (TPSA) is 26.3 Å². The number of hydrogen-bond acceptors (Lipinski definition) is 2. The molecule has 0 aliphatic carbocycles. The summed E-state index contributed by atoms with van der Waals surface area (Å²) in [6.07, 6.45) is -0.221. The van der Waals surface area contributed by atoms with Crippen LogP contribution in [0.25, 0.3) is 0 Å². The molecular weight excluding hydrogens is 246 g/mol. The number of alkyl halides is 4. The van der Waals surface area contributed by atoms with Crippen molar-refractivity contribution in [3.8, 4) is 0 Å². The maximum absolute atomic E-state index is 10.9. The predicted octanol–water partition coefficient (Wildman–Crippen LogP) is 2.92. The largest absolute Gasteiger partial charge is 0.466 e. The first kappa shape index (κ1) is 12.6. The Morgan fingerprint density at radius 1 is 1.50 bits per heavy atom. The zero-order chi connectivity index (χ0) is 9.78. The maximum Gasteiger partial charge on any atom is 0.308 e. The van der Waals surface area contributed by atoms with Gasteiger partial charge in [0, 0.05) is 0 Å². The van der Waals surface area contributed by atoms with Crippen molar-refractivity contribution in [2.75, 3.05) is 6.61 Å². The highest BCUT2D eigenvalue weighted by atomic mass is 35.5. The second-order valence-electron chi connectivity index (χ2n) is 2.04. The van der Waals surface area contributed by atoms with Gasteiger partial charge in [0.25, 0.3) is 0 Å². The summed E-state index contributed by atoms with van der Waals surface area (Å²) < 4.78 is 3.13. The van der Waals surface area contributed by atoms with Crippen molar-refractivity contribution in [3.63, 3.8) is 0 Å². The van der Waals surface area contributed by atoms with Crippen molar-refractivity contribution in [3.05, 3.63) is 0 Å². The molecule has 0 radical (unpaired) electrons. The normalized spacial score (nSPS) is 11.8. The Hall–Kier alpha value is 0.630. The number of hydrogen-bond donors (Lipinski definition) is 0. The highest BCUT2D eigenvalue weighted by molar-refractivity contribution is 6.60. The molecule has 72 valence electrons. The van der Waals surface area contributed by atoms with Crippen molar-refractivity contribution >= 4 is 52.4 Å². The lowest BCUT2D eigenvalue weighted by Gasteiger charge is -2.18. The van der Waals surface area contributed by atoms with Crippen molar-refractivity contribution in [2.45, 2.75) is 22.5 Å². The quantitative estimate of drug-likeness (QED) is 0.569. The van der Waals surface area contributed by atoms with E-state index in [-0.39, 0.29) is 13.0 Å². The number of esters is 1. The second kappa shape index (κ2) is 5.38. The Labute approximate surface area is 91.1 Å². The molecule has 2 nitrogen and oxygen atoms in total. The van der Waals surface area contributed by atoms with Gasteiger partial charge in [0.2, 0.25) is 0 Å². The lowest BCUT2D eigenvalue weighted by Crippen LogP contribution is -2.26. The van der Waals surface area contributed by atoms with Crippen molar-refractivity contribution in [1.29, 1.82) is 0 Å². The molecule has 6 heteroatoms. The molecule has 0 spiro atoms. The minimum absolute atomic E-state index is 0.221. The fourth-order valence-corrected chi connectivity index (χ4v) is 0.854. The SMILES string of the molecule is CCOC(=O)CC(Cl)(Cl)C(Cl)Cl. The van der Waals surface area contributed by atoms with Crippen LogP contribution in [0.15, 0.2) is 0 Å². The monoisotopic (exact) mass is 252 g/mol. The lowest BCUT2D eigenvalue weighted by atomic mass is 10.3. The van der Waals surface area contributed by atoms with E-state index in [1.807, 2.05) is 0 Å². The van der Waals surface area contributed by atoms with Gasteiger partial charge < -0.3 is 4.74 Å². The van der Waals surface area contributed by atoms with Crippen LogP contribution in [0.2, 0.25) is 0 Å². The Kier molecular flexibility index (Phi) is 5.66. The number of carbonyl (C=O) groups excluding carboxylic acids is 1. The minimum Gasteiger partial charge on any atom is -0.466 e. The van der Waals surface area contributed by atoms with Crippen LogP contribution < -0.4 is 0 Å². The minimum atomic E-state index is -1.48. The standard InChI is InChI=1S/C6H8Cl4O2/c1-2-12-4(11)3-6(9,10)5(7)8/h5H,2-3H2,1H3. The van der Waals surface area contributed by atoms with Crippen LogP contribution in [0.5, 0.6) is 0 Å². The fourth-order valence-electron chi connectivity index (χ4n) is 0.482. The molecule has 0 aliphatic rings. The molecule has 0 bridgehead atoms. The summed E-state index contributed by atoms with van der Waals surface area (Å²) in [6, 6.07) is 0. The molecule has 0 saturated heterocycles. The van der Waals surface area contributed by atoms with Crippen molar-refractivity contribution < 1.29 is 9.53 Å². The molecule has 0 rings (SSSR count). The molecule has 0 aliphatic heterocycles. The fraction of sp³-hybridized carbons (Fsp3) is 0.833. The Bertz CT molecular complexity index is 158. The summed E-state index contributed by atoms with van der Waals surface area (Å²) in [4.78, 5) is 9.83. The summed E-state index contributed by atoms with van der Waals surface area (Å²) in [6.45, 7) is 1.96. The van der Waals surface area contributed by atoms with Crippen molar-refractivity contribution in [2.24, 2.45) is 0 Å². The molecule has 0 saturated carbocycles. The van der Waals surface area contributed by atoms with Gasteiger partial charge in [-0.15, -0.1) is 23.2 Å². The van der Waals surface area contributed by atoms with Gasteiger partial charge in [-0.3, -0.25) is 4.79 Å². The average molecular weight is 254 g/mol. The van der Waals surface area contributed by atoms with Crippen molar-refractivity contribution in [1.82, 2.24) is 0 Å². The van der Waals surface area contributed by atoms with Crippen LogP contribution in [0, 0.1) is 0 Å². The predicted molar refractivity (Wildman–Crippen MR) is 51.2 cm³/mol. The molecule has 0 amide bonds. The number of carbonyl (C=O) groups is 1. The van der Waals surface area contributed by atoms with E-state index in [2.05, 4.69) is 4.74 Å². The number of rotatable bonds is 4. The average Bonchev–Trinajstić information content (AvgIpc) is 1.85. The zero-order valence-corrected chi connectivity index (χ0v) is 9.34. The summed E-state index contributed by atoms with van der Waals surface area (Å²) in [7, 11) is 0. The molecular formula is C6H8Cl4O2. The van der Waals surface area contributed by atoms with Crippen LogP contribution in [-0.4, -0.2) is 21.7 Å². The van der Waals surface area contributed by atoms with E-state index in [0.29, 0.717) is 0 Å². The first-order chi connectivity index (χ1) is 5.40. The zero-order valence-electron chi connectivity index (χ0n) is 6.32. The Balaban J connectivity index is 3.97. The van der Waals surface area contributed by atoms with Crippen LogP contribution in [0.3, 0.4) is 0 Å². The molecule has 0 N–H and O–H groups in total. The number of halogens is 4. The van der Waals surface area contributed by atoms with Gasteiger partial charge in [-0.25, -0.2) is 0 Å². The van der Waals surface area contributed by atoms with E-state index < -0.39 is 15.1 Å². The molecule has 0 atom stereocenters. The summed E-state index contributed by atoms with van der Waals surface area (Å²) in [5.41, 5.74) is 0. The first-order valence-electron chi connectivity index (χ1n) is 3.21. The Morgan fingerprint density at radius 2 is 2.00 bits per heavy atom. The van der Waals surface area contributed by atoms with Crippen LogP contribution in [-0.2, 0) is 9.53 Å². The van der Waals surface area contributed by atoms with E-state index in [9.17, 15) is 4.79 Å². The third-order valence-electron chi connectivity index (χ3n) is 1.00. The van der Waals surface area contributed by atoms with Gasteiger partial charge in [-0.05, 0) is 6.92 Å². The first-order valence-corrected chi connectivity index (χ1v) is 4.84. The van der Waals surface area contributed by atoms with E-state index >= 15 is 0 Å². The summed E-state index contributed by atoms with van der Waals surface area (Å²) >= 11 is 22.0. The van der Waals surface area contributed by atoms with Crippen LogP contribution >= 0.6 is 46.4 Å². The van der Waals surface area contributed by atoms with E-state index in [1.165, 1.54) is 0 Å². The van der Waals surface area contributed by atoms with Crippen LogP contribution in [0.4, 0.5) is 0 Å². The molecule has 0 fully saturated rings. The van der Waals surface area contributed by atoms with E-state index in [4.69, 9.17) is 46.4 Å². The molecule has 0 unspecified atom stereocenters. The maximum atomic E-state index is 10.9. The highest BCUT2D eigenvalue weighted by Crippen LogP contribution is 2.35. The number of ether oxygens (including phenoxy) is 1. The second-order valence-corrected chi connectivity index (χ2v) is 4.68. The smallest absolute Gasteiger partial charge is 0.308 e. The highest BCUT2D eigenvalue weighted by Gasteiger charge is 2.35. The molecule has 0 aromatic carbocycles. The van der Waals surface area contributed by atoms with E-state index in [1.54, 1.807) is 6.92 Å². The van der Waals surface area contributed by atoms with E-state index in [0.717, 1.165) is 0 Å². The van der Waals surface area contributed by atoms with Gasteiger partial charge in [0.1, 0.15) is 4.84 Å². The molecule has 12 heavy (non-hydrogen) atoms. The third-order valence-corrected chi connectivity index (χ3v) is 2.90. The third kappa shape index (κ3) is 4.61. The van der Waals surface area contributed by atoms with Gasteiger partial charge in [-0.2, -0.15) is 0 Å². The lowest BCUT2D eigenvalue weighted by molar-refractivity contribution is -0.143. The molecule has 0 heterocycles. The van der Waals surface area contributed by atoms with Gasteiger partial charge in [0.15, 0.2) is 4.33 Å². The van der Waals surface area contributed by atoms with Gasteiger partial charge in [-0.1, -0.05) is 23.2 Å². The molecule has 0 aromatic heterocycles. The van der Waals surface area contributed by atoms with Crippen LogP contribution in [0.1, 0.15) is 13.3 Å². The molecule has 0 aromatic rings. The summed E-state index contributed by atoms with van der Waals surface area (Å²) in [5.74, 6) is -0.520.